The first-order valence-corrected chi connectivity index (χ1v) is 5.54. The van der Waals surface area contributed by atoms with Crippen LogP contribution in [0.3, 0.4) is 0 Å². The van der Waals surface area contributed by atoms with Crippen molar-refractivity contribution in [1.82, 2.24) is 4.90 Å². The maximum Gasteiger partial charge on any atom is 0.314 e. The van der Waals surface area contributed by atoms with Crippen LogP contribution in [0.15, 0.2) is 0 Å². The maximum atomic E-state index is 11.9. The average Bonchev–Trinajstić information content (AvgIpc) is 2.30. The van der Waals surface area contributed by atoms with Crippen molar-refractivity contribution in [2.75, 3.05) is 33.4 Å². The fourth-order valence-electron chi connectivity index (χ4n) is 2.03. The Morgan fingerprint density at radius 1 is 1.44 bits per heavy atom. The number of esters is 1. The third-order valence-corrected chi connectivity index (χ3v) is 3.03. The number of hydrogen-bond acceptors (Lipinski definition) is 4. The van der Waals surface area contributed by atoms with Crippen molar-refractivity contribution in [1.29, 1.82) is 0 Å². The molecule has 0 aromatic rings. The molecule has 1 aliphatic rings. The minimum Gasteiger partial charge on any atom is -0.465 e. The van der Waals surface area contributed by atoms with Crippen LogP contribution in [0.2, 0.25) is 0 Å². The van der Waals surface area contributed by atoms with Crippen molar-refractivity contribution in [3.05, 3.63) is 0 Å². The number of hydrogen-bond donors (Lipinski definition) is 0. The van der Waals surface area contributed by atoms with Crippen LogP contribution in [-0.2, 0) is 19.1 Å². The third-order valence-electron chi connectivity index (χ3n) is 3.03. The molecular formula is C11H19NO4. The topological polar surface area (TPSA) is 55.8 Å². The lowest BCUT2D eigenvalue weighted by Crippen LogP contribution is -2.47. The van der Waals surface area contributed by atoms with Crippen LogP contribution in [0.1, 0.15) is 19.8 Å². The highest BCUT2D eigenvalue weighted by Crippen LogP contribution is 2.32. The van der Waals surface area contributed by atoms with Crippen molar-refractivity contribution in [3.63, 3.8) is 0 Å². The molecule has 0 unspecified atom stereocenters. The predicted molar refractivity (Wildman–Crippen MR) is 57.8 cm³/mol. The van der Waals surface area contributed by atoms with Crippen molar-refractivity contribution >= 4 is 12.4 Å². The minimum absolute atomic E-state index is 0.206. The molecule has 5 heteroatoms. The summed E-state index contributed by atoms with van der Waals surface area (Å²) in [6, 6.07) is 0. The lowest BCUT2D eigenvalue weighted by molar-refractivity contribution is -0.163. The zero-order chi connectivity index (χ0) is 12.0. The smallest absolute Gasteiger partial charge is 0.314 e. The largest absolute Gasteiger partial charge is 0.465 e. The quantitative estimate of drug-likeness (QED) is 0.507. The fourth-order valence-corrected chi connectivity index (χ4v) is 2.03. The second-order valence-electron chi connectivity index (χ2n) is 4.08. The van der Waals surface area contributed by atoms with E-state index >= 15 is 0 Å². The van der Waals surface area contributed by atoms with Gasteiger partial charge in [0.05, 0.1) is 18.6 Å². The molecule has 1 amide bonds. The number of methoxy groups -OCH3 is 1. The lowest BCUT2D eigenvalue weighted by atomic mass is 9.79. The van der Waals surface area contributed by atoms with Gasteiger partial charge in [0.1, 0.15) is 0 Å². The first-order valence-electron chi connectivity index (χ1n) is 5.54. The Kier molecular flexibility index (Phi) is 4.73. The van der Waals surface area contributed by atoms with Crippen molar-refractivity contribution in [3.8, 4) is 0 Å². The highest BCUT2D eigenvalue weighted by Gasteiger charge is 2.42. The van der Waals surface area contributed by atoms with Gasteiger partial charge in [0.15, 0.2) is 0 Å². The Hall–Kier alpha value is -1.10. The molecule has 0 saturated carbocycles. The summed E-state index contributed by atoms with van der Waals surface area (Å²) in [5, 5.41) is 0. The molecule has 5 nitrogen and oxygen atoms in total. The molecular weight excluding hydrogens is 210 g/mol. The van der Waals surface area contributed by atoms with Gasteiger partial charge >= 0.3 is 5.97 Å². The molecule has 1 saturated heterocycles. The molecule has 16 heavy (non-hydrogen) atoms. The molecule has 0 aromatic heterocycles. The first-order chi connectivity index (χ1) is 7.68. The van der Waals surface area contributed by atoms with E-state index in [-0.39, 0.29) is 5.97 Å². The van der Waals surface area contributed by atoms with Gasteiger partial charge in [0, 0.05) is 20.2 Å². The average molecular weight is 229 g/mol. The number of ether oxygens (including phenoxy) is 2. The molecule has 1 fully saturated rings. The lowest BCUT2D eigenvalue weighted by Gasteiger charge is -2.37. The Morgan fingerprint density at radius 3 is 2.50 bits per heavy atom. The summed E-state index contributed by atoms with van der Waals surface area (Å²) in [5.74, 6) is -0.206. The van der Waals surface area contributed by atoms with Gasteiger partial charge in [-0.25, -0.2) is 0 Å². The van der Waals surface area contributed by atoms with Crippen molar-refractivity contribution in [2.45, 2.75) is 19.8 Å². The predicted octanol–water partition coefficient (Wildman–Crippen LogP) is 0.435. The molecule has 92 valence electrons. The first kappa shape index (κ1) is 13.0. The standard InChI is InChI=1S/C11H19NO4/c1-3-16-10(14)11(8-15-2)4-6-12(9-13)7-5-11/h9H,3-8H2,1-2H3. The van der Waals surface area contributed by atoms with E-state index in [2.05, 4.69) is 0 Å². The second-order valence-corrected chi connectivity index (χ2v) is 4.08. The molecule has 0 spiro atoms. The molecule has 0 radical (unpaired) electrons. The van der Waals surface area contributed by atoms with Crippen LogP contribution in [0.25, 0.3) is 0 Å². The number of nitrogens with zero attached hydrogens (tertiary/aromatic N) is 1. The molecule has 1 rings (SSSR count). The van der Waals surface area contributed by atoms with Crippen LogP contribution in [0.4, 0.5) is 0 Å². The SMILES string of the molecule is CCOC(=O)C1(COC)CCN(C=O)CC1. The van der Waals surface area contributed by atoms with E-state index in [9.17, 15) is 9.59 Å². The molecule has 0 aromatic carbocycles. The molecule has 0 aliphatic carbocycles. The molecule has 0 bridgehead atoms. The van der Waals surface area contributed by atoms with Gasteiger partial charge in [-0.15, -0.1) is 0 Å². The monoisotopic (exact) mass is 229 g/mol. The van der Waals surface area contributed by atoms with Gasteiger partial charge in [-0.1, -0.05) is 0 Å². The molecule has 0 atom stereocenters. The van der Waals surface area contributed by atoms with Gasteiger partial charge in [-0.3, -0.25) is 9.59 Å². The number of piperidine rings is 1. The zero-order valence-corrected chi connectivity index (χ0v) is 9.90. The van der Waals surface area contributed by atoms with E-state index < -0.39 is 5.41 Å². The van der Waals surface area contributed by atoms with Crippen LogP contribution in [-0.4, -0.2) is 50.7 Å². The van der Waals surface area contributed by atoms with Crippen LogP contribution in [0.5, 0.6) is 0 Å². The molecule has 1 aliphatic heterocycles. The summed E-state index contributed by atoms with van der Waals surface area (Å²) >= 11 is 0. The van der Waals surface area contributed by atoms with Gasteiger partial charge in [0.25, 0.3) is 0 Å². The molecule has 0 N–H and O–H groups in total. The van der Waals surface area contributed by atoms with Gasteiger partial charge in [-0.2, -0.15) is 0 Å². The Morgan fingerprint density at radius 2 is 2.06 bits per heavy atom. The highest BCUT2D eigenvalue weighted by atomic mass is 16.5. The minimum atomic E-state index is -0.565. The highest BCUT2D eigenvalue weighted by molar-refractivity contribution is 5.77. The van der Waals surface area contributed by atoms with E-state index in [0.29, 0.717) is 39.1 Å². The maximum absolute atomic E-state index is 11.9. The van der Waals surface area contributed by atoms with E-state index in [1.807, 2.05) is 0 Å². The molecule has 1 heterocycles. The van der Waals surface area contributed by atoms with Crippen LogP contribution in [0, 0.1) is 5.41 Å². The Balaban J connectivity index is 2.67. The summed E-state index contributed by atoms with van der Waals surface area (Å²) in [6.07, 6.45) is 2.04. The number of rotatable bonds is 5. The van der Waals surface area contributed by atoms with Gasteiger partial charge < -0.3 is 14.4 Å². The number of carbonyl (C=O) groups is 2. The fraction of sp³-hybridized carbons (Fsp3) is 0.818. The van der Waals surface area contributed by atoms with Gasteiger partial charge in [-0.05, 0) is 19.8 Å². The van der Waals surface area contributed by atoms with E-state index in [1.165, 1.54) is 0 Å². The van der Waals surface area contributed by atoms with Crippen molar-refractivity contribution in [2.24, 2.45) is 5.41 Å². The van der Waals surface area contributed by atoms with Crippen LogP contribution >= 0.6 is 0 Å². The zero-order valence-electron chi connectivity index (χ0n) is 9.90. The van der Waals surface area contributed by atoms with E-state index in [4.69, 9.17) is 9.47 Å². The number of amides is 1. The second kappa shape index (κ2) is 5.84. The summed E-state index contributed by atoms with van der Waals surface area (Å²) in [6.45, 7) is 3.70. The van der Waals surface area contributed by atoms with E-state index in [1.54, 1.807) is 18.9 Å². The summed E-state index contributed by atoms with van der Waals surface area (Å²) in [7, 11) is 1.58. The van der Waals surface area contributed by atoms with Gasteiger partial charge in [0.2, 0.25) is 6.41 Å². The third kappa shape index (κ3) is 2.72. The van der Waals surface area contributed by atoms with Crippen LogP contribution < -0.4 is 0 Å². The normalized spacial score (nSPS) is 19.2. The summed E-state index contributed by atoms with van der Waals surface area (Å²) in [5.41, 5.74) is -0.565. The van der Waals surface area contributed by atoms with E-state index in [0.717, 1.165) is 6.41 Å². The van der Waals surface area contributed by atoms with Crippen molar-refractivity contribution < 1.29 is 19.1 Å². The summed E-state index contributed by atoms with van der Waals surface area (Å²) in [4.78, 5) is 24.2. The number of carbonyl (C=O) groups excluding carboxylic acids is 2. The number of likely N-dealkylation sites (tertiary alicyclic amines) is 1. The summed E-state index contributed by atoms with van der Waals surface area (Å²) < 4.78 is 10.2. The Bertz CT molecular complexity index is 246. The Labute approximate surface area is 95.7 Å².